The molecule has 8 heteroatoms. The van der Waals surface area contributed by atoms with Gasteiger partial charge in [0, 0.05) is 30.6 Å². The van der Waals surface area contributed by atoms with Crippen LogP contribution >= 0.6 is 23.2 Å². The molecule has 0 bridgehead atoms. The summed E-state index contributed by atoms with van der Waals surface area (Å²) < 4.78 is 0. The van der Waals surface area contributed by atoms with Gasteiger partial charge < -0.3 is 10.6 Å². The molecule has 21 heavy (non-hydrogen) atoms. The number of nitro groups is 1. The summed E-state index contributed by atoms with van der Waals surface area (Å²) in [4.78, 5) is 21.8. The Labute approximate surface area is 133 Å². The maximum atomic E-state index is 11.7. The second-order valence-electron chi connectivity index (χ2n) is 5.47. The molecular weight excluding hydrogens is 317 g/mol. The first-order valence-electron chi connectivity index (χ1n) is 6.28. The number of benzene rings is 1. The Kier molecular flexibility index (Phi) is 5.80. The van der Waals surface area contributed by atoms with Crippen molar-refractivity contribution < 1.29 is 9.72 Å². The minimum Gasteiger partial charge on any atom is -0.381 e. The average molecular weight is 334 g/mol. The fourth-order valence-electron chi connectivity index (χ4n) is 1.46. The summed E-state index contributed by atoms with van der Waals surface area (Å²) in [6.07, 6.45) is 0. The van der Waals surface area contributed by atoms with Gasteiger partial charge in [-0.1, -0.05) is 44.0 Å². The number of amides is 1. The van der Waals surface area contributed by atoms with Crippen LogP contribution in [0.2, 0.25) is 10.0 Å². The van der Waals surface area contributed by atoms with Crippen LogP contribution in [0.3, 0.4) is 0 Å². The van der Waals surface area contributed by atoms with Crippen molar-refractivity contribution in [1.82, 2.24) is 5.32 Å². The molecule has 0 aliphatic carbocycles. The second kappa shape index (κ2) is 6.95. The Hall–Kier alpha value is -1.53. The third-order valence-electron chi connectivity index (χ3n) is 2.63. The zero-order valence-corrected chi connectivity index (χ0v) is 13.5. The van der Waals surface area contributed by atoms with Crippen molar-refractivity contribution >= 4 is 40.5 Å². The lowest BCUT2D eigenvalue weighted by atomic mass is 9.96. The van der Waals surface area contributed by atoms with Gasteiger partial charge >= 0.3 is 0 Å². The quantitative estimate of drug-likeness (QED) is 0.490. The van der Waals surface area contributed by atoms with E-state index in [9.17, 15) is 14.9 Å². The monoisotopic (exact) mass is 333 g/mol. The zero-order chi connectivity index (χ0) is 16.2. The third-order valence-corrected chi connectivity index (χ3v) is 3.23. The van der Waals surface area contributed by atoms with Crippen molar-refractivity contribution in [3.05, 3.63) is 32.3 Å². The summed E-state index contributed by atoms with van der Waals surface area (Å²) in [5, 5.41) is 16.7. The summed E-state index contributed by atoms with van der Waals surface area (Å²) in [6.45, 7) is 6.25. The van der Waals surface area contributed by atoms with Crippen molar-refractivity contribution in [3.8, 4) is 0 Å². The number of hydrogen-bond donors (Lipinski definition) is 2. The van der Waals surface area contributed by atoms with E-state index in [1.54, 1.807) is 0 Å². The topological polar surface area (TPSA) is 84.3 Å². The van der Waals surface area contributed by atoms with Gasteiger partial charge in [-0.15, -0.1) is 0 Å². The first-order chi connectivity index (χ1) is 9.62. The largest absolute Gasteiger partial charge is 0.381 e. The van der Waals surface area contributed by atoms with Gasteiger partial charge in [-0.2, -0.15) is 0 Å². The van der Waals surface area contributed by atoms with Gasteiger partial charge in [0.05, 0.1) is 20.7 Å². The number of non-ortho nitro benzene ring substituents is 1. The zero-order valence-electron chi connectivity index (χ0n) is 12.0. The van der Waals surface area contributed by atoms with E-state index in [-0.39, 0.29) is 21.6 Å². The molecule has 1 amide bonds. The van der Waals surface area contributed by atoms with Crippen LogP contribution in [0.5, 0.6) is 0 Å². The first kappa shape index (κ1) is 17.5. The minimum atomic E-state index is -0.564. The lowest BCUT2D eigenvalue weighted by Gasteiger charge is -2.18. The molecule has 1 aromatic rings. The van der Waals surface area contributed by atoms with Crippen molar-refractivity contribution in [2.24, 2.45) is 5.41 Å². The summed E-state index contributed by atoms with van der Waals surface area (Å²) in [5.74, 6) is -0.0646. The Morgan fingerprint density at radius 2 is 1.76 bits per heavy atom. The highest BCUT2D eigenvalue weighted by molar-refractivity contribution is 6.39. The summed E-state index contributed by atoms with van der Waals surface area (Å²) in [5.41, 5.74) is -0.214. The molecule has 0 saturated heterocycles. The fourth-order valence-corrected chi connectivity index (χ4v) is 2.07. The Balaban J connectivity index is 2.61. The number of carbonyl (C=O) groups excluding carboxylic acids is 1. The molecular formula is C13H17Cl2N3O3. The van der Waals surface area contributed by atoms with Crippen LogP contribution in [-0.2, 0) is 4.79 Å². The maximum Gasteiger partial charge on any atom is 0.272 e. The van der Waals surface area contributed by atoms with Gasteiger partial charge in [0.2, 0.25) is 5.91 Å². The van der Waals surface area contributed by atoms with Crippen molar-refractivity contribution in [2.45, 2.75) is 20.8 Å². The van der Waals surface area contributed by atoms with Crippen LogP contribution in [0.25, 0.3) is 0 Å². The highest BCUT2D eigenvalue weighted by atomic mass is 35.5. The van der Waals surface area contributed by atoms with E-state index < -0.39 is 10.3 Å². The van der Waals surface area contributed by atoms with E-state index in [4.69, 9.17) is 23.2 Å². The van der Waals surface area contributed by atoms with Gasteiger partial charge in [-0.3, -0.25) is 14.9 Å². The third kappa shape index (κ3) is 5.06. The van der Waals surface area contributed by atoms with E-state index in [1.165, 1.54) is 12.1 Å². The Bertz CT molecular complexity index is 533. The van der Waals surface area contributed by atoms with Crippen LogP contribution < -0.4 is 10.6 Å². The number of nitro benzene ring substituents is 1. The number of hydrogen-bond acceptors (Lipinski definition) is 4. The molecule has 0 aliphatic heterocycles. The van der Waals surface area contributed by atoms with Crippen molar-refractivity contribution in [3.63, 3.8) is 0 Å². The van der Waals surface area contributed by atoms with E-state index in [0.717, 1.165) is 0 Å². The predicted octanol–water partition coefficient (Wildman–Crippen LogP) is 3.48. The molecule has 0 unspecified atom stereocenters. The van der Waals surface area contributed by atoms with Crippen LogP contribution in [0.4, 0.5) is 11.4 Å². The van der Waals surface area contributed by atoms with E-state index >= 15 is 0 Å². The molecule has 0 atom stereocenters. The van der Waals surface area contributed by atoms with Crippen molar-refractivity contribution in [2.75, 3.05) is 18.4 Å². The van der Waals surface area contributed by atoms with E-state index in [1.807, 2.05) is 20.8 Å². The normalized spacial score (nSPS) is 11.1. The maximum absolute atomic E-state index is 11.7. The summed E-state index contributed by atoms with van der Waals surface area (Å²) in [7, 11) is 0. The van der Waals surface area contributed by atoms with Gasteiger partial charge in [0.15, 0.2) is 0 Å². The molecule has 1 aromatic carbocycles. The molecule has 0 radical (unpaired) electrons. The standard InChI is InChI=1S/C13H17Cl2N3O3/c1-13(2,3)12(19)17-5-4-16-11-9(14)6-8(18(20)21)7-10(11)15/h6-7,16H,4-5H2,1-3H3,(H,17,19). The van der Waals surface area contributed by atoms with Gasteiger partial charge in [0.25, 0.3) is 5.69 Å². The molecule has 6 nitrogen and oxygen atoms in total. The average Bonchev–Trinajstić information content (AvgIpc) is 2.35. The SMILES string of the molecule is CC(C)(C)C(=O)NCCNc1c(Cl)cc([N+](=O)[O-])cc1Cl. The second-order valence-corrected chi connectivity index (χ2v) is 6.29. The molecule has 2 N–H and O–H groups in total. The number of anilines is 1. The lowest BCUT2D eigenvalue weighted by Crippen LogP contribution is -2.37. The van der Waals surface area contributed by atoms with Crippen LogP contribution in [0, 0.1) is 15.5 Å². The Morgan fingerprint density at radius 3 is 2.19 bits per heavy atom. The predicted molar refractivity (Wildman–Crippen MR) is 84.1 cm³/mol. The molecule has 0 aromatic heterocycles. The molecule has 0 saturated carbocycles. The highest BCUT2D eigenvalue weighted by Gasteiger charge is 2.20. The Morgan fingerprint density at radius 1 is 1.24 bits per heavy atom. The molecule has 0 spiro atoms. The van der Waals surface area contributed by atoms with E-state index in [2.05, 4.69) is 10.6 Å². The molecule has 0 aliphatic rings. The number of nitrogens with one attached hydrogen (secondary N) is 2. The summed E-state index contributed by atoms with van der Waals surface area (Å²) >= 11 is 11.9. The van der Waals surface area contributed by atoms with Gasteiger partial charge in [-0.05, 0) is 0 Å². The number of halogens is 2. The highest BCUT2D eigenvalue weighted by Crippen LogP contribution is 2.34. The van der Waals surface area contributed by atoms with Crippen LogP contribution in [0.1, 0.15) is 20.8 Å². The molecule has 0 fully saturated rings. The van der Waals surface area contributed by atoms with Crippen molar-refractivity contribution in [1.29, 1.82) is 0 Å². The first-order valence-corrected chi connectivity index (χ1v) is 7.04. The van der Waals surface area contributed by atoms with Crippen LogP contribution in [-0.4, -0.2) is 23.9 Å². The number of nitrogens with zero attached hydrogens (tertiary/aromatic N) is 1. The molecule has 0 heterocycles. The van der Waals surface area contributed by atoms with Gasteiger partial charge in [-0.25, -0.2) is 0 Å². The lowest BCUT2D eigenvalue weighted by molar-refractivity contribution is -0.384. The minimum absolute atomic E-state index is 0.0646. The molecule has 116 valence electrons. The van der Waals surface area contributed by atoms with Crippen LogP contribution in [0.15, 0.2) is 12.1 Å². The number of rotatable bonds is 5. The van der Waals surface area contributed by atoms with Gasteiger partial charge in [0.1, 0.15) is 0 Å². The fraction of sp³-hybridized carbons (Fsp3) is 0.462. The smallest absolute Gasteiger partial charge is 0.272 e. The number of carbonyl (C=O) groups is 1. The summed E-state index contributed by atoms with van der Waals surface area (Å²) in [6, 6.07) is 2.45. The molecule has 1 rings (SSSR count). The van der Waals surface area contributed by atoms with E-state index in [0.29, 0.717) is 18.8 Å².